The van der Waals surface area contributed by atoms with Crippen LogP contribution in [0.4, 0.5) is 0 Å². The van der Waals surface area contributed by atoms with Crippen LogP contribution in [0.15, 0.2) is 28.8 Å². The second kappa shape index (κ2) is 5.85. The van der Waals surface area contributed by atoms with Crippen LogP contribution in [0.3, 0.4) is 0 Å². The van der Waals surface area contributed by atoms with E-state index in [2.05, 4.69) is 10.1 Å². The van der Waals surface area contributed by atoms with Crippen molar-refractivity contribution < 1.29 is 9.32 Å². The van der Waals surface area contributed by atoms with Crippen LogP contribution in [0.25, 0.3) is 0 Å². The Kier molecular flexibility index (Phi) is 3.92. The fourth-order valence-electron chi connectivity index (χ4n) is 2.62. The Morgan fingerprint density at radius 3 is 2.81 bits per heavy atom. The van der Waals surface area contributed by atoms with E-state index in [0.717, 1.165) is 19.4 Å². The molecular weight excluding hydrogens is 290 g/mol. The zero-order chi connectivity index (χ0) is 14.8. The molecule has 0 aliphatic carbocycles. The van der Waals surface area contributed by atoms with Crippen LogP contribution >= 0.6 is 11.6 Å². The molecule has 2 aromatic rings. The molecule has 0 N–H and O–H groups in total. The summed E-state index contributed by atoms with van der Waals surface area (Å²) in [4.78, 5) is 18.6. The quantitative estimate of drug-likeness (QED) is 0.855. The Balaban J connectivity index is 1.73. The lowest BCUT2D eigenvalue weighted by Gasteiger charge is -2.31. The SMILES string of the molecule is Cc1noc([C@H]2CCCN(C(=O)c3ccc(Cl)cc3)C2)n1. The number of halogens is 1. The minimum atomic E-state index is 0.0209. The monoisotopic (exact) mass is 305 g/mol. The zero-order valence-corrected chi connectivity index (χ0v) is 12.5. The molecule has 1 aromatic carbocycles. The van der Waals surface area contributed by atoms with Gasteiger partial charge in [-0.05, 0) is 44.0 Å². The van der Waals surface area contributed by atoms with Crippen molar-refractivity contribution in [1.29, 1.82) is 0 Å². The topological polar surface area (TPSA) is 59.2 Å². The first kappa shape index (κ1) is 14.1. The zero-order valence-electron chi connectivity index (χ0n) is 11.8. The average Bonchev–Trinajstić information content (AvgIpc) is 2.94. The summed E-state index contributed by atoms with van der Waals surface area (Å²) in [6.45, 7) is 3.17. The lowest BCUT2D eigenvalue weighted by Crippen LogP contribution is -2.39. The Morgan fingerprint density at radius 1 is 1.38 bits per heavy atom. The molecule has 0 saturated carbocycles. The maximum atomic E-state index is 12.5. The predicted molar refractivity (Wildman–Crippen MR) is 78.4 cm³/mol. The van der Waals surface area contributed by atoms with Crippen LogP contribution in [0.5, 0.6) is 0 Å². The first-order chi connectivity index (χ1) is 10.1. The number of likely N-dealkylation sites (tertiary alicyclic amines) is 1. The van der Waals surface area contributed by atoms with Crippen molar-refractivity contribution in [2.45, 2.75) is 25.7 Å². The third-order valence-corrected chi connectivity index (χ3v) is 3.94. The highest BCUT2D eigenvalue weighted by Gasteiger charge is 2.28. The number of hydrogen-bond donors (Lipinski definition) is 0. The van der Waals surface area contributed by atoms with E-state index in [1.54, 1.807) is 31.2 Å². The summed E-state index contributed by atoms with van der Waals surface area (Å²) >= 11 is 5.86. The van der Waals surface area contributed by atoms with Gasteiger partial charge in [-0.1, -0.05) is 16.8 Å². The van der Waals surface area contributed by atoms with Crippen LogP contribution in [0, 0.1) is 6.92 Å². The average molecular weight is 306 g/mol. The summed E-state index contributed by atoms with van der Waals surface area (Å²) in [5.41, 5.74) is 0.654. The fraction of sp³-hybridized carbons (Fsp3) is 0.400. The molecule has 2 heterocycles. The molecule has 1 atom stereocenters. The Hall–Kier alpha value is -1.88. The highest BCUT2D eigenvalue weighted by atomic mass is 35.5. The minimum Gasteiger partial charge on any atom is -0.339 e. The van der Waals surface area contributed by atoms with Gasteiger partial charge in [-0.3, -0.25) is 4.79 Å². The molecule has 1 aliphatic rings. The largest absolute Gasteiger partial charge is 0.339 e. The highest BCUT2D eigenvalue weighted by molar-refractivity contribution is 6.30. The first-order valence-corrected chi connectivity index (χ1v) is 7.36. The van der Waals surface area contributed by atoms with Crippen molar-refractivity contribution in [3.63, 3.8) is 0 Å². The van der Waals surface area contributed by atoms with E-state index in [-0.39, 0.29) is 11.8 Å². The maximum Gasteiger partial charge on any atom is 0.253 e. The normalized spacial score (nSPS) is 18.8. The van der Waals surface area contributed by atoms with Gasteiger partial charge in [0.2, 0.25) is 5.89 Å². The van der Waals surface area contributed by atoms with E-state index in [4.69, 9.17) is 16.1 Å². The minimum absolute atomic E-state index is 0.0209. The van der Waals surface area contributed by atoms with Gasteiger partial charge in [-0.25, -0.2) is 0 Å². The number of carbonyl (C=O) groups is 1. The van der Waals surface area contributed by atoms with Crippen LogP contribution in [-0.4, -0.2) is 34.0 Å². The number of benzene rings is 1. The van der Waals surface area contributed by atoms with E-state index < -0.39 is 0 Å². The van der Waals surface area contributed by atoms with Crippen molar-refractivity contribution >= 4 is 17.5 Å². The summed E-state index contributed by atoms with van der Waals surface area (Å²) < 4.78 is 5.24. The van der Waals surface area contributed by atoms with E-state index >= 15 is 0 Å². The molecule has 1 fully saturated rings. The van der Waals surface area contributed by atoms with Gasteiger partial charge in [0.05, 0.1) is 5.92 Å². The van der Waals surface area contributed by atoms with Crippen molar-refractivity contribution in [2.24, 2.45) is 0 Å². The lowest BCUT2D eigenvalue weighted by atomic mass is 9.97. The van der Waals surface area contributed by atoms with Crippen molar-refractivity contribution in [2.75, 3.05) is 13.1 Å². The molecule has 1 aromatic heterocycles. The van der Waals surface area contributed by atoms with E-state index in [1.807, 2.05) is 4.90 Å². The number of nitrogens with zero attached hydrogens (tertiary/aromatic N) is 3. The van der Waals surface area contributed by atoms with Gasteiger partial charge in [0.25, 0.3) is 5.91 Å². The number of hydrogen-bond acceptors (Lipinski definition) is 4. The van der Waals surface area contributed by atoms with Crippen LogP contribution in [0.2, 0.25) is 5.02 Å². The molecule has 21 heavy (non-hydrogen) atoms. The van der Waals surface area contributed by atoms with Crippen LogP contribution in [0.1, 0.15) is 40.8 Å². The van der Waals surface area contributed by atoms with Crippen molar-refractivity contribution in [3.05, 3.63) is 46.6 Å². The van der Waals surface area contributed by atoms with E-state index in [1.165, 1.54) is 0 Å². The number of rotatable bonds is 2. The molecule has 3 rings (SSSR count). The fourth-order valence-corrected chi connectivity index (χ4v) is 2.74. The summed E-state index contributed by atoms with van der Waals surface area (Å²) in [6, 6.07) is 6.98. The van der Waals surface area contributed by atoms with Gasteiger partial charge < -0.3 is 9.42 Å². The maximum absolute atomic E-state index is 12.5. The van der Waals surface area contributed by atoms with Crippen molar-refractivity contribution in [1.82, 2.24) is 15.0 Å². The van der Waals surface area contributed by atoms with Gasteiger partial charge in [0.15, 0.2) is 5.82 Å². The second-order valence-electron chi connectivity index (χ2n) is 5.28. The van der Waals surface area contributed by atoms with Gasteiger partial charge in [0.1, 0.15) is 0 Å². The molecule has 6 heteroatoms. The molecule has 1 amide bonds. The second-order valence-corrected chi connectivity index (χ2v) is 5.71. The molecule has 0 bridgehead atoms. The smallest absolute Gasteiger partial charge is 0.253 e. The molecule has 0 radical (unpaired) electrons. The Labute approximate surface area is 127 Å². The standard InChI is InChI=1S/C15H16ClN3O2/c1-10-17-14(21-18-10)12-3-2-8-19(9-12)15(20)11-4-6-13(16)7-5-11/h4-7,12H,2-3,8-9H2,1H3/t12-/m0/s1. The van der Waals surface area contributed by atoms with Gasteiger partial charge in [-0.15, -0.1) is 0 Å². The van der Waals surface area contributed by atoms with E-state index in [9.17, 15) is 4.79 Å². The number of aromatic nitrogens is 2. The van der Waals surface area contributed by atoms with Gasteiger partial charge >= 0.3 is 0 Å². The summed E-state index contributed by atoms with van der Waals surface area (Å²) in [7, 11) is 0. The number of aryl methyl sites for hydroxylation is 1. The summed E-state index contributed by atoms with van der Waals surface area (Å²) in [5.74, 6) is 1.40. The number of carbonyl (C=O) groups excluding carboxylic acids is 1. The van der Waals surface area contributed by atoms with Crippen molar-refractivity contribution in [3.8, 4) is 0 Å². The Morgan fingerprint density at radius 2 is 2.14 bits per heavy atom. The lowest BCUT2D eigenvalue weighted by molar-refractivity contribution is 0.0695. The predicted octanol–water partition coefficient (Wildman–Crippen LogP) is 3.05. The molecule has 5 nitrogen and oxygen atoms in total. The molecule has 1 aliphatic heterocycles. The highest BCUT2D eigenvalue weighted by Crippen LogP contribution is 2.26. The number of amides is 1. The third-order valence-electron chi connectivity index (χ3n) is 3.69. The van der Waals surface area contributed by atoms with Crippen LogP contribution < -0.4 is 0 Å². The Bertz CT molecular complexity index is 639. The van der Waals surface area contributed by atoms with E-state index in [0.29, 0.717) is 28.8 Å². The molecule has 110 valence electrons. The van der Waals surface area contributed by atoms with Gasteiger partial charge in [0, 0.05) is 23.7 Å². The molecule has 1 saturated heterocycles. The molecule has 0 unspecified atom stereocenters. The molecular formula is C15H16ClN3O2. The third kappa shape index (κ3) is 3.08. The molecule has 0 spiro atoms. The van der Waals surface area contributed by atoms with Gasteiger partial charge in [-0.2, -0.15) is 4.98 Å². The first-order valence-electron chi connectivity index (χ1n) is 6.98. The number of piperidine rings is 1. The summed E-state index contributed by atoms with van der Waals surface area (Å²) in [6.07, 6.45) is 1.90. The summed E-state index contributed by atoms with van der Waals surface area (Å²) in [5, 5.41) is 4.45. The van der Waals surface area contributed by atoms with Crippen LogP contribution in [-0.2, 0) is 0 Å².